The van der Waals surface area contributed by atoms with Crippen LogP contribution in [0.1, 0.15) is 50.7 Å². The SMILES string of the molecule is CC(CNS(C)(=O)=O)c1cc(F)c(C(C)CNS(=O)(=O)C(C)C)cc1F. The highest BCUT2D eigenvalue weighted by atomic mass is 32.2. The zero-order valence-electron chi connectivity index (χ0n) is 15.5. The van der Waals surface area contributed by atoms with Gasteiger partial charge in [0.2, 0.25) is 20.0 Å². The first-order valence-corrected chi connectivity index (χ1v) is 11.6. The molecule has 0 amide bonds. The monoisotopic (exact) mass is 412 g/mol. The minimum absolute atomic E-state index is 0.0531. The summed E-state index contributed by atoms with van der Waals surface area (Å²) in [5, 5.41) is -0.623. The summed E-state index contributed by atoms with van der Waals surface area (Å²) in [5.41, 5.74) is 0.110. The normalized spacial score (nSPS) is 15.2. The van der Waals surface area contributed by atoms with Gasteiger partial charge in [0.25, 0.3) is 0 Å². The molecule has 0 saturated heterocycles. The summed E-state index contributed by atoms with van der Waals surface area (Å²) < 4.78 is 79.2. The van der Waals surface area contributed by atoms with Crippen LogP contribution in [0.4, 0.5) is 8.78 Å². The van der Waals surface area contributed by atoms with Crippen molar-refractivity contribution >= 4 is 20.0 Å². The summed E-state index contributed by atoms with van der Waals surface area (Å²) in [6.07, 6.45) is 0.986. The van der Waals surface area contributed by atoms with Crippen LogP contribution in [0, 0.1) is 11.6 Å². The summed E-state index contributed by atoms with van der Waals surface area (Å²) >= 11 is 0. The van der Waals surface area contributed by atoms with E-state index in [-0.39, 0.29) is 24.2 Å². The average molecular weight is 413 g/mol. The first-order valence-electron chi connectivity index (χ1n) is 8.16. The molecular weight excluding hydrogens is 386 g/mol. The minimum Gasteiger partial charge on any atom is -0.215 e. The molecule has 1 aromatic rings. The highest BCUT2D eigenvalue weighted by molar-refractivity contribution is 7.90. The van der Waals surface area contributed by atoms with Gasteiger partial charge in [0.1, 0.15) is 11.6 Å². The van der Waals surface area contributed by atoms with E-state index in [9.17, 15) is 25.6 Å². The highest BCUT2D eigenvalue weighted by Gasteiger charge is 2.21. The Hall–Kier alpha value is -1.10. The number of hydrogen-bond donors (Lipinski definition) is 2. The number of hydrogen-bond acceptors (Lipinski definition) is 4. The van der Waals surface area contributed by atoms with Gasteiger partial charge in [-0.1, -0.05) is 13.8 Å². The zero-order valence-corrected chi connectivity index (χ0v) is 17.1. The van der Waals surface area contributed by atoms with Crippen LogP contribution >= 0.6 is 0 Å². The van der Waals surface area contributed by atoms with Gasteiger partial charge in [0.15, 0.2) is 0 Å². The molecule has 1 aromatic carbocycles. The second-order valence-electron chi connectivity index (χ2n) is 6.76. The predicted octanol–water partition coefficient (Wildman–Crippen LogP) is 2.05. The Labute approximate surface area is 154 Å². The van der Waals surface area contributed by atoms with E-state index >= 15 is 0 Å². The van der Waals surface area contributed by atoms with Crippen LogP contribution in [-0.2, 0) is 20.0 Å². The van der Waals surface area contributed by atoms with Gasteiger partial charge in [0.05, 0.1) is 11.5 Å². The van der Waals surface area contributed by atoms with E-state index in [2.05, 4.69) is 9.44 Å². The minimum atomic E-state index is -3.50. The molecule has 6 nitrogen and oxygen atoms in total. The van der Waals surface area contributed by atoms with Crippen LogP contribution in [0.15, 0.2) is 12.1 Å². The van der Waals surface area contributed by atoms with E-state index in [0.29, 0.717) is 0 Å². The van der Waals surface area contributed by atoms with Crippen molar-refractivity contribution in [2.75, 3.05) is 19.3 Å². The van der Waals surface area contributed by atoms with Gasteiger partial charge < -0.3 is 0 Å². The van der Waals surface area contributed by atoms with Crippen molar-refractivity contribution in [1.82, 2.24) is 9.44 Å². The summed E-state index contributed by atoms with van der Waals surface area (Å²) in [6.45, 7) is 6.10. The molecule has 1 rings (SSSR count). The number of halogens is 2. The third-order valence-electron chi connectivity index (χ3n) is 4.04. The first kappa shape index (κ1) is 22.9. The lowest BCUT2D eigenvalue weighted by Gasteiger charge is -2.18. The van der Waals surface area contributed by atoms with Crippen LogP contribution < -0.4 is 9.44 Å². The van der Waals surface area contributed by atoms with E-state index in [4.69, 9.17) is 0 Å². The molecule has 0 bridgehead atoms. The van der Waals surface area contributed by atoms with Crippen molar-refractivity contribution in [3.8, 4) is 0 Å². The van der Waals surface area contributed by atoms with Crippen molar-refractivity contribution in [3.05, 3.63) is 34.9 Å². The molecule has 0 aliphatic rings. The van der Waals surface area contributed by atoms with Crippen molar-refractivity contribution in [3.63, 3.8) is 0 Å². The fraction of sp³-hybridized carbons (Fsp3) is 0.625. The summed E-state index contributed by atoms with van der Waals surface area (Å²) in [7, 11) is -6.93. The Bertz CT molecular complexity index is 840. The van der Waals surface area contributed by atoms with E-state index in [1.54, 1.807) is 13.8 Å². The topological polar surface area (TPSA) is 92.3 Å². The Balaban J connectivity index is 2.95. The largest absolute Gasteiger partial charge is 0.215 e. The predicted molar refractivity (Wildman–Crippen MR) is 98.1 cm³/mol. The fourth-order valence-electron chi connectivity index (χ4n) is 2.24. The van der Waals surface area contributed by atoms with Crippen LogP contribution in [0.25, 0.3) is 0 Å². The molecule has 26 heavy (non-hydrogen) atoms. The molecule has 10 heteroatoms. The average Bonchev–Trinajstić information content (AvgIpc) is 2.51. The Morgan fingerprint density at radius 2 is 1.23 bits per heavy atom. The standard InChI is InChI=1S/C16H26F2N2O4S2/c1-10(2)26(23,24)20-9-12(4)14-7-15(17)13(6-16(14)18)11(3)8-19-25(5,21)22/h6-7,10-12,19-20H,8-9H2,1-5H3. The number of nitrogens with one attached hydrogen (secondary N) is 2. The van der Waals surface area contributed by atoms with Gasteiger partial charge in [0, 0.05) is 13.1 Å². The lowest BCUT2D eigenvalue weighted by atomic mass is 9.94. The molecule has 2 N–H and O–H groups in total. The molecule has 0 fully saturated rings. The number of rotatable bonds is 9. The third-order valence-corrected chi connectivity index (χ3v) is 6.54. The van der Waals surface area contributed by atoms with Crippen LogP contribution in [0.3, 0.4) is 0 Å². The molecular formula is C16H26F2N2O4S2. The van der Waals surface area contributed by atoms with Crippen molar-refractivity contribution < 1.29 is 25.6 Å². The number of sulfonamides is 2. The molecule has 0 aliphatic heterocycles. The van der Waals surface area contributed by atoms with Crippen molar-refractivity contribution in [2.45, 2.75) is 44.8 Å². The lowest BCUT2D eigenvalue weighted by Crippen LogP contribution is -2.33. The number of benzene rings is 1. The van der Waals surface area contributed by atoms with Gasteiger partial charge in [-0.15, -0.1) is 0 Å². The molecule has 0 aliphatic carbocycles. The molecule has 150 valence electrons. The third kappa shape index (κ3) is 6.57. The molecule has 2 unspecified atom stereocenters. The van der Waals surface area contributed by atoms with Crippen molar-refractivity contribution in [1.29, 1.82) is 0 Å². The Kier molecular flexibility index (Phi) is 7.70. The van der Waals surface area contributed by atoms with E-state index < -0.39 is 48.8 Å². The highest BCUT2D eigenvalue weighted by Crippen LogP contribution is 2.26. The maximum absolute atomic E-state index is 14.4. The van der Waals surface area contributed by atoms with Gasteiger partial charge in [-0.25, -0.2) is 35.1 Å². The Morgan fingerprint density at radius 3 is 1.58 bits per heavy atom. The van der Waals surface area contributed by atoms with Gasteiger partial charge in [-0.3, -0.25) is 0 Å². The maximum atomic E-state index is 14.4. The zero-order chi connectivity index (χ0) is 20.3. The Morgan fingerprint density at radius 1 is 0.846 bits per heavy atom. The summed E-state index contributed by atoms with van der Waals surface area (Å²) in [5.74, 6) is -2.47. The molecule has 0 saturated carbocycles. The lowest BCUT2D eigenvalue weighted by molar-refractivity contribution is 0.534. The van der Waals surface area contributed by atoms with E-state index in [1.165, 1.54) is 13.8 Å². The summed E-state index contributed by atoms with van der Waals surface area (Å²) in [4.78, 5) is 0. The molecule has 0 aromatic heterocycles. The molecule has 0 spiro atoms. The van der Waals surface area contributed by atoms with Gasteiger partial charge >= 0.3 is 0 Å². The second kappa shape index (κ2) is 8.73. The van der Waals surface area contributed by atoms with E-state index in [1.807, 2.05) is 0 Å². The van der Waals surface area contributed by atoms with Gasteiger partial charge in [-0.05, 0) is 48.9 Å². The first-order chi connectivity index (χ1) is 11.7. The van der Waals surface area contributed by atoms with Crippen molar-refractivity contribution in [2.24, 2.45) is 0 Å². The van der Waals surface area contributed by atoms with Crippen LogP contribution in [0.5, 0.6) is 0 Å². The fourth-order valence-corrected chi connectivity index (χ4v) is 3.61. The van der Waals surface area contributed by atoms with E-state index in [0.717, 1.165) is 18.4 Å². The maximum Gasteiger partial charge on any atom is 0.213 e. The smallest absolute Gasteiger partial charge is 0.213 e. The molecule has 0 heterocycles. The molecule has 2 atom stereocenters. The molecule has 0 radical (unpaired) electrons. The summed E-state index contributed by atoms with van der Waals surface area (Å²) in [6, 6.07) is 2.07. The quantitative estimate of drug-likeness (QED) is 0.649. The van der Waals surface area contributed by atoms with Crippen LogP contribution in [-0.4, -0.2) is 41.4 Å². The second-order valence-corrected chi connectivity index (χ2v) is 10.9. The van der Waals surface area contributed by atoms with Gasteiger partial charge in [-0.2, -0.15) is 0 Å². The van der Waals surface area contributed by atoms with Crippen LogP contribution in [0.2, 0.25) is 0 Å².